The largest absolute Gasteiger partial charge is 0.454 e. The molecule has 1 heterocycles. The lowest BCUT2D eigenvalue weighted by atomic mass is 10.1. The number of nitrogens with zero attached hydrogens (tertiary/aromatic N) is 1. The summed E-state index contributed by atoms with van der Waals surface area (Å²) in [6, 6.07) is 6.74. The topological polar surface area (TPSA) is 122 Å². The summed E-state index contributed by atoms with van der Waals surface area (Å²) < 4.78 is 5.05. The lowest BCUT2D eigenvalue weighted by Gasteiger charge is -2.24. The Hall–Kier alpha value is -2.85. The molecule has 0 bridgehead atoms. The molecule has 3 rings (SSSR count). The highest BCUT2D eigenvalue weighted by atomic mass is 35.5. The van der Waals surface area contributed by atoms with Gasteiger partial charge in [-0.1, -0.05) is 84.4 Å². The van der Waals surface area contributed by atoms with Crippen molar-refractivity contribution in [2.45, 2.75) is 32.2 Å². The number of hydrogen-bond acceptors (Lipinski definition) is 6. The zero-order valence-corrected chi connectivity index (χ0v) is 21.7. The van der Waals surface area contributed by atoms with Crippen molar-refractivity contribution in [3.8, 4) is 0 Å². The number of rotatable bonds is 8. The Kier molecular flexibility index (Phi) is 9.19. The number of amides is 4. The molecule has 0 saturated heterocycles. The number of imide groups is 1. The van der Waals surface area contributed by atoms with Gasteiger partial charge in [0.25, 0.3) is 23.6 Å². The molecule has 2 aromatic carbocycles. The van der Waals surface area contributed by atoms with E-state index in [2.05, 4.69) is 10.9 Å². The molecule has 9 nitrogen and oxygen atoms in total. The van der Waals surface area contributed by atoms with E-state index in [1.807, 2.05) is 6.92 Å². The summed E-state index contributed by atoms with van der Waals surface area (Å²) in [5, 5.41) is -0.935. The van der Waals surface area contributed by atoms with Crippen LogP contribution in [0.5, 0.6) is 0 Å². The zero-order valence-electron chi connectivity index (χ0n) is 18.7. The predicted octanol–water partition coefficient (Wildman–Crippen LogP) is 4.46. The maximum Gasteiger partial charge on any atom is 0.329 e. The van der Waals surface area contributed by atoms with E-state index in [1.54, 1.807) is 30.3 Å². The first-order chi connectivity index (χ1) is 17.1. The fourth-order valence-corrected chi connectivity index (χ4v) is 4.47. The summed E-state index contributed by atoms with van der Waals surface area (Å²) in [7, 11) is 0. The molecule has 0 spiro atoms. The number of hydrazine groups is 1. The van der Waals surface area contributed by atoms with E-state index in [4.69, 9.17) is 51.1 Å². The Balaban J connectivity index is 1.72. The standard InChI is InChI=1S/C23H19Cl4N3O6/c1-2-3-9-12(23(35)36-10-13(31)28-29-20(32)11-7-5-4-6-8-11)30-21(33)14-15(22(30)34)17(25)19(27)18(26)16(14)24/h4-8,12H,2-3,9-10H2,1H3,(H,28,31)(H,29,32)/t12-/m1/s1. The molecule has 2 aromatic rings. The van der Waals surface area contributed by atoms with Gasteiger partial charge < -0.3 is 4.74 Å². The van der Waals surface area contributed by atoms with Crippen LogP contribution in [0.1, 0.15) is 57.3 Å². The maximum absolute atomic E-state index is 13.1. The molecular formula is C23H19Cl4N3O6. The molecule has 4 amide bonds. The molecule has 1 atom stereocenters. The first-order valence-electron chi connectivity index (χ1n) is 10.6. The Morgan fingerprint density at radius 1 is 0.889 bits per heavy atom. The normalized spacial score (nSPS) is 13.3. The van der Waals surface area contributed by atoms with Crippen LogP contribution in [0.2, 0.25) is 20.1 Å². The minimum absolute atomic E-state index is 0.0594. The van der Waals surface area contributed by atoms with E-state index in [-0.39, 0.29) is 37.6 Å². The second kappa shape index (κ2) is 11.9. The molecule has 0 saturated carbocycles. The SMILES string of the molecule is CCCC[C@H](C(=O)OCC(=O)NNC(=O)c1ccccc1)N1C(=O)c2c(Cl)c(Cl)c(Cl)c(Cl)c2C1=O. The fourth-order valence-electron chi connectivity index (χ4n) is 3.46. The highest BCUT2D eigenvalue weighted by molar-refractivity contribution is 6.55. The smallest absolute Gasteiger partial charge is 0.329 e. The van der Waals surface area contributed by atoms with E-state index < -0.39 is 42.2 Å². The molecule has 36 heavy (non-hydrogen) atoms. The van der Waals surface area contributed by atoms with Crippen molar-refractivity contribution in [1.82, 2.24) is 15.8 Å². The van der Waals surface area contributed by atoms with E-state index in [0.29, 0.717) is 23.3 Å². The Bertz CT molecular complexity index is 1190. The third kappa shape index (κ3) is 5.59. The fraction of sp³-hybridized carbons (Fsp3) is 0.261. The Labute approximate surface area is 225 Å². The van der Waals surface area contributed by atoms with Crippen LogP contribution in [-0.2, 0) is 14.3 Å². The molecule has 190 valence electrons. The molecular weight excluding hydrogens is 556 g/mol. The molecule has 0 aliphatic carbocycles. The van der Waals surface area contributed by atoms with Gasteiger partial charge in [0.05, 0.1) is 31.2 Å². The average Bonchev–Trinajstić information content (AvgIpc) is 3.14. The van der Waals surface area contributed by atoms with Crippen LogP contribution in [-0.4, -0.2) is 47.1 Å². The van der Waals surface area contributed by atoms with Gasteiger partial charge in [0.15, 0.2) is 6.61 Å². The second-order valence-corrected chi connectivity index (χ2v) is 9.13. The van der Waals surface area contributed by atoms with Crippen molar-refractivity contribution >= 4 is 76.0 Å². The minimum Gasteiger partial charge on any atom is -0.454 e. The molecule has 1 aliphatic rings. The molecule has 1 aliphatic heterocycles. The van der Waals surface area contributed by atoms with Crippen LogP contribution in [0, 0.1) is 0 Å². The first kappa shape index (κ1) is 27.7. The number of ether oxygens (including phenoxy) is 1. The number of nitrogens with one attached hydrogen (secondary N) is 2. The third-order valence-electron chi connectivity index (χ3n) is 5.24. The number of benzene rings is 2. The lowest BCUT2D eigenvalue weighted by molar-refractivity contribution is -0.152. The summed E-state index contributed by atoms with van der Waals surface area (Å²) in [5.41, 5.74) is 4.08. The van der Waals surface area contributed by atoms with Gasteiger partial charge in [-0.25, -0.2) is 4.79 Å². The Morgan fingerprint density at radius 2 is 1.44 bits per heavy atom. The molecule has 0 radical (unpaired) electrons. The molecule has 0 fully saturated rings. The number of esters is 1. The Morgan fingerprint density at radius 3 is 1.97 bits per heavy atom. The second-order valence-electron chi connectivity index (χ2n) is 7.62. The van der Waals surface area contributed by atoms with Crippen LogP contribution in [0.4, 0.5) is 0 Å². The predicted molar refractivity (Wildman–Crippen MR) is 133 cm³/mol. The van der Waals surface area contributed by atoms with Crippen molar-refractivity contribution in [2.75, 3.05) is 6.61 Å². The summed E-state index contributed by atoms with van der Waals surface area (Å²) in [4.78, 5) is 63.9. The maximum atomic E-state index is 13.1. The number of carbonyl (C=O) groups excluding carboxylic acids is 5. The van der Waals surface area contributed by atoms with Crippen molar-refractivity contribution in [2.24, 2.45) is 0 Å². The number of halogens is 4. The van der Waals surface area contributed by atoms with Crippen molar-refractivity contribution in [3.63, 3.8) is 0 Å². The van der Waals surface area contributed by atoms with Gasteiger partial charge in [0, 0.05) is 5.56 Å². The van der Waals surface area contributed by atoms with Gasteiger partial charge >= 0.3 is 5.97 Å². The van der Waals surface area contributed by atoms with Crippen molar-refractivity contribution in [1.29, 1.82) is 0 Å². The van der Waals surface area contributed by atoms with Crippen LogP contribution >= 0.6 is 46.4 Å². The van der Waals surface area contributed by atoms with Crippen LogP contribution in [0.3, 0.4) is 0 Å². The zero-order chi connectivity index (χ0) is 26.6. The quantitative estimate of drug-likeness (QED) is 0.158. The van der Waals surface area contributed by atoms with E-state index in [1.165, 1.54) is 0 Å². The van der Waals surface area contributed by atoms with Crippen molar-refractivity contribution < 1.29 is 28.7 Å². The summed E-state index contributed by atoms with van der Waals surface area (Å²) in [5.74, 6) is -4.20. The summed E-state index contributed by atoms with van der Waals surface area (Å²) >= 11 is 24.4. The third-order valence-corrected chi connectivity index (χ3v) is 7.05. The van der Waals surface area contributed by atoms with Crippen molar-refractivity contribution in [3.05, 3.63) is 67.1 Å². The summed E-state index contributed by atoms with van der Waals surface area (Å²) in [6.07, 6.45) is 1.15. The number of carbonyl (C=O) groups is 5. The van der Waals surface area contributed by atoms with Gasteiger partial charge in [-0.2, -0.15) is 0 Å². The van der Waals surface area contributed by atoms with E-state index >= 15 is 0 Å². The average molecular weight is 575 g/mol. The van der Waals surface area contributed by atoms with Crippen LogP contribution in [0.15, 0.2) is 30.3 Å². The number of unbranched alkanes of at least 4 members (excludes halogenated alkanes) is 1. The first-order valence-corrected chi connectivity index (χ1v) is 12.2. The molecule has 13 heteroatoms. The molecule has 0 aromatic heterocycles. The number of hydrogen-bond donors (Lipinski definition) is 2. The monoisotopic (exact) mass is 573 g/mol. The minimum atomic E-state index is -1.37. The van der Waals surface area contributed by atoms with E-state index in [9.17, 15) is 24.0 Å². The van der Waals surface area contributed by atoms with Gasteiger partial charge in [0.1, 0.15) is 6.04 Å². The van der Waals surface area contributed by atoms with Gasteiger partial charge in [0.2, 0.25) is 0 Å². The molecule has 2 N–H and O–H groups in total. The van der Waals surface area contributed by atoms with Crippen LogP contribution in [0.25, 0.3) is 0 Å². The number of fused-ring (bicyclic) bond motifs is 1. The highest BCUT2D eigenvalue weighted by Crippen LogP contribution is 2.45. The highest BCUT2D eigenvalue weighted by Gasteiger charge is 2.47. The van der Waals surface area contributed by atoms with E-state index in [0.717, 1.165) is 0 Å². The van der Waals surface area contributed by atoms with Gasteiger partial charge in [-0.3, -0.25) is 34.9 Å². The van der Waals surface area contributed by atoms with Gasteiger partial charge in [-0.05, 0) is 18.6 Å². The summed E-state index contributed by atoms with van der Waals surface area (Å²) in [6.45, 7) is 1.07. The molecule has 0 unspecified atom stereocenters. The van der Waals surface area contributed by atoms with Crippen LogP contribution < -0.4 is 10.9 Å². The lowest BCUT2D eigenvalue weighted by Crippen LogP contribution is -2.47. The van der Waals surface area contributed by atoms with Gasteiger partial charge in [-0.15, -0.1) is 0 Å².